The van der Waals surface area contributed by atoms with E-state index in [-0.39, 0.29) is 4.92 Å². The molecule has 4 nitrogen and oxygen atoms in total. The van der Waals surface area contributed by atoms with Crippen molar-refractivity contribution >= 4 is 16.8 Å². The van der Waals surface area contributed by atoms with E-state index in [1.165, 1.54) is 6.92 Å². The summed E-state index contributed by atoms with van der Waals surface area (Å²) >= 11 is 5.67. The topological polar surface area (TPSA) is 55.5 Å². The molecule has 0 fully saturated rings. The highest BCUT2D eigenvalue weighted by molar-refractivity contribution is 6.68. The van der Waals surface area contributed by atoms with Crippen LogP contribution in [0.5, 0.6) is 0 Å². The van der Waals surface area contributed by atoms with E-state index in [9.17, 15) is 10.1 Å². The molecular weight excluding hydrogens is 192 g/mol. The monoisotopic (exact) mass is 204 g/mol. The number of hydrogen-bond donors (Lipinski definition) is 0. The van der Waals surface area contributed by atoms with Gasteiger partial charge in [0.25, 0.3) is 0 Å². The third kappa shape index (κ3) is 4.62. The van der Waals surface area contributed by atoms with Gasteiger partial charge in [0.05, 0.1) is 0 Å². The normalized spacial score (nSPS) is 17.4. The van der Waals surface area contributed by atoms with Crippen molar-refractivity contribution in [1.29, 1.82) is 0 Å². The minimum atomic E-state index is -0.709. The number of rotatable bonds is 4. The van der Waals surface area contributed by atoms with Gasteiger partial charge in [-0.05, 0) is 19.9 Å². The molecule has 13 heavy (non-hydrogen) atoms. The Kier molecular flexibility index (Phi) is 5.30. The Labute approximate surface area is 82.5 Å². The van der Waals surface area contributed by atoms with E-state index in [1.807, 2.05) is 0 Å². The second-order valence-electron chi connectivity index (χ2n) is 2.72. The Morgan fingerprint density at radius 1 is 1.62 bits per heavy atom. The summed E-state index contributed by atoms with van der Waals surface area (Å²) in [6, 6.07) is -1.11. The SMILES string of the molecule is C/C=C\C(Cl)=N/C(C)[C@H](C)[N+](=O)[O-]. The van der Waals surface area contributed by atoms with Crippen LogP contribution in [0.4, 0.5) is 0 Å². The average molecular weight is 205 g/mol. The minimum Gasteiger partial charge on any atom is -0.264 e. The molecule has 0 N–H and O–H groups in total. The van der Waals surface area contributed by atoms with Crippen LogP contribution in [0.2, 0.25) is 0 Å². The van der Waals surface area contributed by atoms with E-state index in [2.05, 4.69) is 4.99 Å². The molecule has 74 valence electrons. The lowest BCUT2D eigenvalue weighted by Gasteiger charge is -2.07. The molecule has 0 aliphatic heterocycles. The fourth-order valence-corrected chi connectivity index (χ4v) is 0.939. The van der Waals surface area contributed by atoms with Gasteiger partial charge in [-0.25, -0.2) is 0 Å². The van der Waals surface area contributed by atoms with Crippen molar-refractivity contribution in [3.63, 3.8) is 0 Å². The van der Waals surface area contributed by atoms with E-state index in [4.69, 9.17) is 11.6 Å². The first-order valence-corrected chi connectivity index (χ1v) is 4.36. The standard InChI is InChI=1S/C8H13ClN2O2/c1-4-5-8(9)10-6(2)7(3)11(12)13/h4-7H,1-3H3/b5-4-,10-8+/t6?,7-/m0/s1. The van der Waals surface area contributed by atoms with Crippen LogP contribution < -0.4 is 0 Å². The quantitative estimate of drug-likeness (QED) is 0.401. The van der Waals surface area contributed by atoms with E-state index in [0.717, 1.165) is 0 Å². The number of aliphatic imine (C=N–C) groups is 1. The van der Waals surface area contributed by atoms with Gasteiger partial charge < -0.3 is 0 Å². The van der Waals surface area contributed by atoms with E-state index >= 15 is 0 Å². The van der Waals surface area contributed by atoms with Crippen LogP contribution in [0.3, 0.4) is 0 Å². The minimum absolute atomic E-state index is 0.295. The van der Waals surface area contributed by atoms with Gasteiger partial charge in [-0.15, -0.1) is 0 Å². The van der Waals surface area contributed by atoms with Crippen molar-refractivity contribution in [3.8, 4) is 0 Å². The third-order valence-corrected chi connectivity index (χ3v) is 1.89. The second-order valence-corrected chi connectivity index (χ2v) is 3.11. The second kappa shape index (κ2) is 5.70. The zero-order valence-corrected chi connectivity index (χ0v) is 8.65. The largest absolute Gasteiger partial charge is 0.264 e. The van der Waals surface area contributed by atoms with Crippen molar-refractivity contribution in [2.45, 2.75) is 32.9 Å². The number of nitro groups is 1. The number of halogens is 1. The molecule has 0 radical (unpaired) electrons. The van der Waals surface area contributed by atoms with E-state index in [0.29, 0.717) is 5.17 Å². The molecule has 0 aromatic rings. The van der Waals surface area contributed by atoms with Crippen molar-refractivity contribution < 1.29 is 4.92 Å². The first kappa shape index (κ1) is 12.1. The Balaban J connectivity index is 4.35. The van der Waals surface area contributed by atoms with Crippen molar-refractivity contribution in [2.24, 2.45) is 4.99 Å². The molecule has 1 unspecified atom stereocenters. The van der Waals surface area contributed by atoms with E-state index in [1.54, 1.807) is 26.0 Å². The summed E-state index contributed by atoms with van der Waals surface area (Å²) in [6.45, 7) is 4.98. The summed E-state index contributed by atoms with van der Waals surface area (Å²) in [6.07, 6.45) is 3.33. The molecule has 0 saturated heterocycles. The molecule has 0 aliphatic rings. The summed E-state index contributed by atoms with van der Waals surface area (Å²) in [5, 5.41) is 10.7. The molecule has 0 rings (SSSR count). The number of allylic oxidation sites excluding steroid dienone is 2. The summed E-state index contributed by atoms with van der Waals surface area (Å²) in [5.41, 5.74) is 0. The lowest BCUT2D eigenvalue weighted by atomic mass is 10.2. The lowest BCUT2D eigenvalue weighted by molar-refractivity contribution is -0.520. The molecule has 0 aliphatic carbocycles. The maximum atomic E-state index is 10.4. The smallest absolute Gasteiger partial charge is 0.232 e. The Morgan fingerprint density at radius 3 is 2.54 bits per heavy atom. The van der Waals surface area contributed by atoms with Crippen molar-refractivity contribution in [1.82, 2.24) is 0 Å². The van der Waals surface area contributed by atoms with Crippen LogP contribution in [0.25, 0.3) is 0 Å². The van der Waals surface area contributed by atoms with Crippen LogP contribution in [0, 0.1) is 10.1 Å². The predicted octanol–water partition coefficient (Wildman–Crippen LogP) is 2.25. The zero-order chi connectivity index (χ0) is 10.4. The van der Waals surface area contributed by atoms with Crippen molar-refractivity contribution in [2.75, 3.05) is 0 Å². The van der Waals surface area contributed by atoms with Gasteiger partial charge in [0.2, 0.25) is 6.04 Å². The molecule has 5 heteroatoms. The molecule has 0 saturated carbocycles. The van der Waals surface area contributed by atoms with E-state index < -0.39 is 12.1 Å². The number of hydrogen-bond acceptors (Lipinski definition) is 3. The summed E-state index contributed by atoms with van der Waals surface area (Å²) in [5.74, 6) is 0. The molecule has 0 bridgehead atoms. The lowest BCUT2D eigenvalue weighted by Crippen LogP contribution is -2.27. The molecule has 2 atom stereocenters. The maximum absolute atomic E-state index is 10.4. The van der Waals surface area contributed by atoms with Crippen LogP contribution in [-0.4, -0.2) is 22.2 Å². The Hall–Kier alpha value is -0.900. The van der Waals surface area contributed by atoms with Crippen LogP contribution in [0.15, 0.2) is 17.1 Å². The predicted molar refractivity (Wildman–Crippen MR) is 54.0 cm³/mol. The van der Waals surface area contributed by atoms with Gasteiger partial charge in [0.1, 0.15) is 11.2 Å². The summed E-state index contributed by atoms with van der Waals surface area (Å²) < 4.78 is 0. The Morgan fingerprint density at radius 2 is 2.15 bits per heavy atom. The fourth-order valence-electron chi connectivity index (χ4n) is 0.659. The van der Waals surface area contributed by atoms with Crippen LogP contribution in [-0.2, 0) is 0 Å². The molecular formula is C8H13ClN2O2. The molecule has 0 amide bonds. The molecule has 0 aromatic carbocycles. The average Bonchev–Trinajstić information content (AvgIpc) is 2.03. The zero-order valence-electron chi connectivity index (χ0n) is 7.90. The van der Waals surface area contributed by atoms with Gasteiger partial charge in [0.15, 0.2) is 0 Å². The van der Waals surface area contributed by atoms with Crippen LogP contribution in [0.1, 0.15) is 20.8 Å². The highest BCUT2D eigenvalue weighted by Crippen LogP contribution is 2.03. The highest BCUT2D eigenvalue weighted by atomic mass is 35.5. The van der Waals surface area contributed by atoms with Crippen molar-refractivity contribution in [3.05, 3.63) is 22.3 Å². The molecule has 0 spiro atoms. The third-order valence-electron chi connectivity index (χ3n) is 1.66. The van der Waals surface area contributed by atoms with Crippen LogP contribution >= 0.6 is 11.6 Å². The van der Waals surface area contributed by atoms with Gasteiger partial charge in [0, 0.05) is 11.8 Å². The van der Waals surface area contributed by atoms with Gasteiger partial charge in [-0.3, -0.25) is 15.1 Å². The highest BCUT2D eigenvalue weighted by Gasteiger charge is 2.21. The molecule has 0 heterocycles. The van der Waals surface area contributed by atoms with Gasteiger partial charge in [-0.1, -0.05) is 17.7 Å². The molecule has 0 aromatic heterocycles. The Bertz CT molecular complexity index is 238. The maximum Gasteiger partial charge on any atom is 0.232 e. The fraction of sp³-hybridized carbons (Fsp3) is 0.625. The first-order valence-electron chi connectivity index (χ1n) is 3.98. The summed E-state index contributed by atoms with van der Waals surface area (Å²) in [7, 11) is 0. The van der Waals surface area contributed by atoms with Gasteiger partial charge in [-0.2, -0.15) is 0 Å². The first-order chi connectivity index (χ1) is 5.99. The van der Waals surface area contributed by atoms with Gasteiger partial charge >= 0.3 is 0 Å². The number of nitrogens with zero attached hydrogens (tertiary/aromatic N) is 2. The summed E-state index contributed by atoms with van der Waals surface area (Å²) in [4.78, 5) is 13.9.